The van der Waals surface area contributed by atoms with Crippen molar-refractivity contribution in [2.24, 2.45) is 5.92 Å². The number of amides is 2. The van der Waals surface area contributed by atoms with Crippen LogP contribution in [0.4, 0.5) is 10.5 Å². The van der Waals surface area contributed by atoms with E-state index in [1.807, 2.05) is 11.9 Å². The van der Waals surface area contributed by atoms with Crippen molar-refractivity contribution in [1.82, 2.24) is 10.2 Å². The molecule has 2 N–H and O–H groups in total. The van der Waals surface area contributed by atoms with Gasteiger partial charge in [0.25, 0.3) is 0 Å². The Morgan fingerprint density at radius 3 is 2.80 bits per heavy atom. The van der Waals surface area contributed by atoms with Crippen molar-refractivity contribution in [2.75, 3.05) is 32.1 Å². The van der Waals surface area contributed by atoms with Crippen molar-refractivity contribution in [3.05, 3.63) is 29.3 Å². The molecule has 0 spiro atoms. The highest BCUT2D eigenvalue weighted by molar-refractivity contribution is 5.74. The molecule has 2 aliphatic rings. The summed E-state index contributed by atoms with van der Waals surface area (Å²) in [5.41, 5.74) is 3.87. The third-order valence-corrected chi connectivity index (χ3v) is 5.88. The number of aryl methyl sites for hydroxylation is 1. The van der Waals surface area contributed by atoms with E-state index in [0.29, 0.717) is 18.5 Å². The first kappa shape index (κ1) is 18.1. The molecule has 5 nitrogen and oxygen atoms in total. The second kappa shape index (κ2) is 8.09. The van der Waals surface area contributed by atoms with E-state index in [4.69, 9.17) is 0 Å². The predicted octanol–water partition coefficient (Wildman–Crippen LogP) is 2.76. The molecule has 138 valence electrons. The van der Waals surface area contributed by atoms with Gasteiger partial charge in [0.2, 0.25) is 0 Å². The number of carbonyl (C=O) groups excluding carboxylic acids is 1. The molecule has 5 heteroatoms. The van der Waals surface area contributed by atoms with E-state index in [0.717, 1.165) is 38.6 Å². The monoisotopic (exact) mass is 345 g/mol. The summed E-state index contributed by atoms with van der Waals surface area (Å²) >= 11 is 0. The molecular weight excluding hydrogens is 314 g/mol. The molecule has 0 unspecified atom stereocenters. The van der Waals surface area contributed by atoms with Crippen LogP contribution in [-0.4, -0.2) is 49.3 Å². The molecule has 25 heavy (non-hydrogen) atoms. The number of urea groups is 1. The zero-order valence-corrected chi connectivity index (χ0v) is 15.5. The first-order valence-electron chi connectivity index (χ1n) is 9.53. The standard InChI is InChI=1S/C20H31N3O2/c1-22-11-3-4-17-12-16(7-10-19(17)22)13-21-20(25)23(2)18-8-5-15(14-24)6-9-18/h7,10,12,15,18,24H,3-6,8-9,11,13-14H2,1-2H3,(H,21,25). The molecule has 1 aliphatic heterocycles. The fourth-order valence-corrected chi connectivity index (χ4v) is 4.13. The molecular formula is C20H31N3O2. The number of nitrogens with zero attached hydrogens (tertiary/aromatic N) is 2. The third-order valence-electron chi connectivity index (χ3n) is 5.88. The van der Waals surface area contributed by atoms with Crippen molar-refractivity contribution in [3.8, 4) is 0 Å². The molecule has 2 amide bonds. The first-order valence-corrected chi connectivity index (χ1v) is 9.53. The van der Waals surface area contributed by atoms with Gasteiger partial charge in [0.15, 0.2) is 0 Å². The highest BCUT2D eigenvalue weighted by Gasteiger charge is 2.26. The zero-order valence-electron chi connectivity index (χ0n) is 15.5. The molecule has 0 saturated heterocycles. The number of benzene rings is 1. The number of aliphatic hydroxyl groups is 1. The zero-order chi connectivity index (χ0) is 17.8. The van der Waals surface area contributed by atoms with Crippen LogP contribution in [0.2, 0.25) is 0 Å². The van der Waals surface area contributed by atoms with Crippen molar-refractivity contribution < 1.29 is 9.90 Å². The van der Waals surface area contributed by atoms with Gasteiger partial charge in [0, 0.05) is 45.5 Å². The molecule has 1 aliphatic carbocycles. The molecule has 1 saturated carbocycles. The Balaban J connectivity index is 1.52. The summed E-state index contributed by atoms with van der Waals surface area (Å²) < 4.78 is 0. The number of anilines is 1. The number of aliphatic hydroxyl groups excluding tert-OH is 1. The number of hydrogen-bond donors (Lipinski definition) is 2. The van der Waals surface area contributed by atoms with Gasteiger partial charge in [0.05, 0.1) is 0 Å². The highest BCUT2D eigenvalue weighted by Crippen LogP contribution is 2.28. The Bertz CT molecular complexity index is 597. The lowest BCUT2D eigenvalue weighted by Crippen LogP contribution is -2.45. The van der Waals surface area contributed by atoms with E-state index in [1.54, 1.807) is 0 Å². The topological polar surface area (TPSA) is 55.8 Å². The third kappa shape index (κ3) is 4.27. The van der Waals surface area contributed by atoms with Crippen LogP contribution in [0.1, 0.15) is 43.2 Å². The predicted molar refractivity (Wildman–Crippen MR) is 101 cm³/mol. The van der Waals surface area contributed by atoms with Gasteiger partial charge in [-0.2, -0.15) is 0 Å². The lowest BCUT2D eigenvalue weighted by molar-refractivity contribution is 0.134. The van der Waals surface area contributed by atoms with Gasteiger partial charge in [-0.25, -0.2) is 4.79 Å². The second-order valence-corrected chi connectivity index (χ2v) is 7.61. The Morgan fingerprint density at radius 2 is 2.08 bits per heavy atom. The maximum atomic E-state index is 12.5. The molecule has 3 rings (SSSR count). The van der Waals surface area contributed by atoms with Gasteiger partial charge in [-0.1, -0.05) is 12.1 Å². The van der Waals surface area contributed by atoms with Gasteiger partial charge < -0.3 is 20.2 Å². The van der Waals surface area contributed by atoms with Crippen molar-refractivity contribution in [1.29, 1.82) is 0 Å². The number of rotatable bonds is 4. The van der Waals surface area contributed by atoms with E-state index in [1.165, 1.54) is 23.2 Å². The molecule has 0 radical (unpaired) electrons. The molecule has 1 heterocycles. The highest BCUT2D eigenvalue weighted by atomic mass is 16.3. The summed E-state index contributed by atoms with van der Waals surface area (Å²) in [7, 11) is 4.03. The van der Waals surface area contributed by atoms with Gasteiger partial charge in [-0.3, -0.25) is 0 Å². The van der Waals surface area contributed by atoms with E-state index in [9.17, 15) is 9.90 Å². The molecule has 0 atom stereocenters. The Labute approximate surface area is 151 Å². The minimum Gasteiger partial charge on any atom is -0.396 e. The van der Waals surface area contributed by atoms with E-state index >= 15 is 0 Å². The normalized spacial score (nSPS) is 23.1. The quantitative estimate of drug-likeness (QED) is 0.882. The fourth-order valence-electron chi connectivity index (χ4n) is 4.13. The van der Waals surface area contributed by atoms with Gasteiger partial charge in [-0.05, 0) is 61.6 Å². The van der Waals surface area contributed by atoms with Crippen molar-refractivity contribution >= 4 is 11.7 Å². The fraction of sp³-hybridized carbons (Fsp3) is 0.650. The molecule has 0 bridgehead atoms. The van der Waals surface area contributed by atoms with Crippen LogP contribution in [0.25, 0.3) is 0 Å². The SMILES string of the molecule is CN1CCCc2cc(CNC(=O)N(C)C3CCC(CO)CC3)ccc21. The van der Waals surface area contributed by atoms with E-state index < -0.39 is 0 Å². The molecule has 1 aromatic rings. The van der Waals surface area contributed by atoms with Crippen LogP contribution in [0.3, 0.4) is 0 Å². The van der Waals surface area contributed by atoms with Gasteiger partial charge in [-0.15, -0.1) is 0 Å². The van der Waals surface area contributed by atoms with Gasteiger partial charge in [0.1, 0.15) is 0 Å². The summed E-state index contributed by atoms with van der Waals surface area (Å²) in [6.07, 6.45) is 6.31. The number of hydrogen-bond acceptors (Lipinski definition) is 3. The summed E-state index contributed by atoms with van der Waals surface area (Å²) in [5.74, 6) is 0.418. The number of nitrogens with one attached hydrogen (secondary N) is 1. The second-order valence-electron chi connectivity index (χ2n) is 7.61. The van der Waals surface area contributed by atoms with Crippen molar-refractivity contribution in [2.45, 2.75) is 51.1 Å². The largest absolute Gasteiger partial charge is 0.396 e. The summed E-state index contributed by atoms with van der Waals surface area (Å²) in [6, 6.07) is 6.82. The number of fused-ring (bicyclic) bond motifs is 1. The first-order chi connectivity index (χ1) is 12.1. The molecule has 1 aromatic carbocycles. The number of carbonyl (C=O) groups is 1. The van der Waals surface area contributed by atoms with Crippen LogP contribution < -0.4 is 10.2 Å². The van der Waals surface area contributed by atoms with Crippen LogP contribution in [0.15, 0.2) is 18.2 Å². The van der Waals surface area contributed by atoms with Crippen molar-refractivity contribution in [3.63, 3.8) is 0 Å². The van der Waals surface area contributed by atoms with Crippen LogP contribution in [-0.2, 0) is 13.0 Å². The van der Waals surface area contributed by atoms with Gasteiger partial charge >= 0.3 is 6.03 Å². The summed E-state index contributed by atoms with van der Waals surface area (Å²) in [6.45, 7) is 1.97. The minimum absolute atomic E-state index is 0.00212. The summed E-state index contributed by atoms with van der Waals surface area (Å²) in [5, 5.41) is 12.3. The average Bonchev–Trinajstić information content (AvgIpc) is 2.65. The van der Waals surface area contributed by atoms with Crippen LogP contribution in [0.5, 0.6) is 0 Å². The van der Waals surface area contributed by atoms with E-state index in [-0.39, 0.29) is 12.6 Å². The molecule has 1 fully saturated rings. The van der Waals surface area contributed by atoms with E-state index in [2.05, 4.69) is 35.5 Å². The maximum absolute atomic E-state index is 12.5. The lowest BCUT2D eigenvalue weighted by atomic mass is 9.86. The smallest absolute Gasteiger partial charge is 0.317 e. The Kier molecular flexibility index (Phi) is 5.84. The lowest BCUT2D eigenvalue weighted by Gasteiger charge is -2.34. The van der Waals surface area contributed by atoms with Crippen LogP contribution >= 0.6 is 0 Å². The van der Waals surface area contributed by atoms with Crippen LogP contribution in [0, 0.1) is 5.92 Å². The average molecular weight is 345 g/mol. The Morgan fingerprint density at radius 1 is 1.32 bits per heavy atom. The Hall–Kier alpha value is -1.75. The minimum atomic E-state index is 0.00212. The maximum Gasteiger partial charge on any atom is 0.317 e. The molecule has 0 aromatic heterocycles. The summed E-state index contributed by atoms with van der Waals surface area (Å²) in [4.78, 5) is 16.6.